The summed E-state index contributed by atoms with van der Waals surface area (Å²) < 4.78 is 18.0. The third-order valence-corrected chi connectivity index (χ3v) is 5.43. The van der Waals surface area contributed by atoms with Crippen molar-refractivity contribution < 1.29 is 13.9 Å². The highest BCUT2D eigenvalue weighted by atomic mass is 35.5. The summed E-state index contributed by atoms with van der Waals surface area (Å²) in [6, 6.07) is 6.30. The van der Waals surface area contributed by atoms with Crippen LogP contribution in [0, 0.1) is 5.82 Å². The molecule has 0 saturated carbocycles. The second-order valence-electron chi connectivity index (χ2n) is 7.32. The smallest absolute Gasteiger partial charge is 0.306 e. The molecular weight excluding hydrogens is 397 g/mol. The Kier molecular flexibility index (Phi) is 6.87. The average molecular weight is 422 g/mol. The molecule has 0 aliphatic carbocycles. The van der Waals surface area contributed by atoms with Crippen molar-refractivity contribution in [1.29, 1.82) is 0 Å². The first-order valence-corrected chi connectivity index (χ1v) is 9.87. The summed E-state index contributed by atoms with van der Waals surface area (Å²) in [5, 5.41) is 6.65. The molecule has 1 fully saturated rings. The van der Waals surface area contributed by atoms with Gasteiger partial charge in [-0.3, -0.25) is 4.79 Å². The maximum atomic E-state index is 13.3. The number of nitrogens with one attached hydrogen (secondary N) is 2. The first-order valence-electron chi connectivity index (χ1n) is 9.49. The quantitative estimate of drug-likeness (QED) is 0.662. The van der Waals surface area contributed by atoms with Gasteiger partial charge in [0.1, 0.15) is 23.8 Å². The van der Waals surface area contributed by atoms with Crippen molar-refractivity contribution in [2.45, 2.75) is 31.7 Å². The van der Waals surface area contributed by atoms with Gasteiger partial charge in [-0.05, 0) is 38.0 Å². The summed E-state index contributed by atoms with van der Waals surface area (Å²) in [6.07, 6.45) is 3.72. The number of rotatable bonds is 7. The summed E-state index contributed by atoms with van der Waals surface area (Å²) in [5.74, 6) is 0.772. The van der Waals surface area contributed by atoms with Gasteiger partial charge in [-0.2, -0.15) is 0 Å². The number of anilines is 3. The van der Waals surface area contributed by atoms with E-state index in [4.69, 9.17) is 11.6 Å². The van der Waals surface area contributed by atoms with E-state index in [1.165, 1.54) is 25.6 Å². The van der Waals surface area contributed by atoms with Crippen LogP contribution in [0.1, 0.15) is 26.2 Å². The largest absolute Gasteiger partial charge is 0.469 e. The van der Waals surface area contributed by atoms with E-state index < -0.39 is 5.82 Å². The summed E-state index contributed by atoms with van der Waals surface area (Å²) in [7, 11) is 1.40. The molecule has 0 atom stereocenters. The summed E-state index contributed by atoms with van der Waals surface area (Å²) in [4.78, 5) is 22.1. The number of benzene rings is 1. The van der Waals surface area contributed by atoms with Crippen molar-refractivity contribution in [3.05, 3.63) is 41.4 Å². The molecule has 0 bridgehead atoms. The van der Waals surface area contributed by atoms with Crippen LogP contribution in [0.25, 0.3) is 0 Å². The lowest BCUT2D eigenvalue weighted by Gasteiger charge is -2.40. The van der Waals surface area contributed by atoms with Crippen LogP contribution in [-0.4, -0.2) is 48.2 Å². The van der Waals surface area contributed by atoms with Gasteiger partial charge in [0.15, 0.2) is 0 Å². The van der Waals surface area contributed by atoms with Crippen LogP contribution in [0.5, 0.6) is 0 Å². The van der Waals surface area contributed by atoms with E-state index in [0.29, 0.717) is 24.5 Å². The van der Waals surface area contributed by atoms with Crippen LogP contribution in [0.2, 0.25) is 5.02 Å². The molecule has 0 radical (unpaired) electrons. The predicted molar refractivity (Wildman–Crippen MR) is 111 cm³/mol. The van der Waals surface area contributed by atoms with Crippen LogP contribution in [0.15, 0.2) is 30.6 Å². The molecule has 1 aromatic carbocycles. The Labute approximate surface area is 174 Å². The number of halogens is 2. The van der Waals surface area contributed by atoms with Crippen LogP contribution in [-0.2, 0) is 9.53 Å². The molecule has 2 N–H and O–H groups in total. The fraction of sp³-hybridized carbons (Fsp3) is 0.450. The van der Waals surface area contributed by atoms with E-state index in [-0.39, 0.29) is 16.5 Å². The number of carbonyl (C=O) groups is 1. The highest BCUT2D eigenvalue weighted by Crippen LogP contribution is 2.27. The van der Waals surface area contributed by atoms with Gasteiger partial charge in [0.05, 0.1) is 18.6 Å². The van der Waals surface area contributed by atoms with Crippen LogP contribution in [0.4, 0.5) is 21.7 Å². The maximum Gasteiger partial charge on any atom is 0.306 e. The maximum absolute atomic E-state index is 13.3. The third kappa shape index (κ3) is 5.77. The van der Waals surface area contributed by atoms with Gasteiger partial charge in [0.2, 0.25) is 0 Å². The molecule has 0 spiro atoms. The molecule has 9 heteroatoms. The second-order valence-corrected chi connectivity index (χ2v) is 7.72. The van der Waals surface area contributed by atoms with Crippen molar-refractivity contribution in [2.24, 2.45) is 0 Å². The number of ether oxygens (including phenoxy) is 1. The number of esters is 1. The van der Waals surface area contributed by atoms with E-state index >= 15 is 0 Å². The van der Waals surface area contributed by atoms with Crippen LogP contribution in [0.3, 0.4) is 0 Å². The summed E-state index contributed by atoms with van der Waals surface area (Å²) in [6.45, 7) is 4.44. The van der Waals surface area contributed by atoms with E-state index in [1.54, 1.807) is 6.07 Å². The van der Waals surface area contributed by atoms with Crippen molar-refractivity contribution in [2.75, 3.05) is 37.0 Å². The van der Waals surface area contributed by atoms with E-state index in [1.807, 2.05) is 6.07 Å². The normalized spacial score (nSPS) is 15.8. The lowest BCUT2D eigenvalue weighted by atomic mass is 9.89. The zero-order valence-corrected chi connectivity index (χ0v) is 17.3. The third-order valence-electron chi connectivity index (χ3n) is 5.14. The zero-order valence-electron chi connectivity index (χ0n) is 16.5. The van der Waals surface area contributed by atoms with Crippen molar-refractivity contribution >= 4 is 34.9 Å². The van der Waals surface area contributed by atoms with Crippen LogP contribution < -0.4 is 15.5 Å². The minimum Gasteiger partial charge on any atom is -0.469 e. The Hall–Kier alpha value is -2.45. The van der Waals surface area contributed by atoms with Crippen molar-refractivity contribution in [3.63, 3.8) is 0 Å². The number of carbonyl (C=O) groups excluding carboxylic acids is 1. The van der Waals surface area contributed by atoms with Gasteiger partial charge in [-0.25, -0.2) is 14.4 Å². The Morgan fingerprint density at radius 3 is 2.76 bits per heavy atom. The first kappa shape index (κ1) is 21.3. The monoisotopic (exact) mass is 421 g/mol. The molecule has 1 saturated heterocycles. The number of aromatic nitrogens is 2. The molecule has 1 aliphatic rings. The van der Waals surface area contributed by atoms with Gasteiger partial charge in [0, 0.05) is 36.9 Å². The lowest BCUT2D eigenvalue weighted by Crippen LogP contribution is -2.52. The number of methoxy groups -OCH3 is 1. The molecule has 2 aromatic rings. The first-order chi connectivity index (χ1) is 13.9. The Bertz CT molecular complexity index is 859. The molecule has 0 amide bonds. The number of piperidine rings is 1. The molecule has 1 aromatic heterocycles. The molecule has 2 heterocycles. The number of hydrogen-bond donors (Lipinski definition) is 2. The molecule has 156 valence electrons. The fourth-order valence-corrected chi connectivity index (χ4v) is 3.47. The highest BCUT2D eigenvalue weighted by molar-refractivity contribution is 6.31. The van der Waals surface area contributed by atoms with Crippen molar-refractivity contribution in [3.8, 4) is 0 Å². The van der Waals surface area contributed by atoms with Gasteiger partial charge >= 0.3 is 5.97 Å². The topological polar surface area (TPSA) is 79.4 Å². The molecule has 29 heavy (non-hydrogen) atoms. The Morgan fingerprint density at radius 1 is 1.31 bits per heavy atom. The van der Waals surface area contributed by atoms with E-state index in [9.17, 15) is 9.18 Å². The van der Waals surface area contributed by atoms with Crippen LogP contribution >= 0.6 is 11.6 Å². The Morgan fingerprint density at radius 2 is 2.07 bits per heavy atom. The Balaban J connectivity index is 1.57. The fourth-order valence-electron chi connectivity index (χ4n) is 3.28. The highest BCUT2D eigenvalue weighted by Gasteiger charge is 2.30. The zero-order chi connectivity index (χ0) is 20.9. The second kappa shape index (κ2) is 9.37. The predicted octanol–water partition coefficient (Wildman–Crippen LogP) is 3.52. The minimum atomic E-state index is -0.461. The molecule has 3 rings (SSSR count). The molecule has 7 nitrogen and oxygen atoms in total. The number of nitrogens with zero attached hydrogens (tertiary/aromatic N) is 3. The molecule has 0 unspecified atom stereocenters. The molecular formula is C20H25ClFN5O2. The summed E-state index contributed by atoms with van der Waals surface area (Å²) >= 11 is 5.83. The van der Waals surface area contributed by atoms with Gasteiger partial charge in [-0.1, -0.05) is 11.6 Å². The van der Waals surface area contributed by atoms with E-state index in [2.05, 4.69) is 37.2 Å². The standard InChI is InChI=1S/C20H25ClFN5O2/c1-20(25-8-5-19(28)29-2)6-9-27(10-7-20)18-12-17(23-13-24-18)26-14-3-4-16(22)15(21)11-14/h3-4,11-13,25H,5-10H2,1-2H3,(H,23,24,26). The number of hydrogen-bond acceptors (Lipinski definition) is 7. The summed E-state index contributed by atoms with van der Waals surface area (Å²) in [5.41, 5.74) is 0.630. The van der Waals surface area contributed by atoms with Gasteiger partial charge in [0.25, 0.3) is 0 Å². The van der Waals surface area contributed by atoms with Gasteiger partial charge < -0.3 is 20.3 Å². The molecule has 1 aliphatic heterocycles. The minimum absolute atomic E-state index is 0.0243. The SMILES string of the molecule is COC(=O)CCNC1(C)CCN(c2cc(Nc3ccc(F)c(Cl)c3)ncn2)CC1. The average Bonchev–Trinajstić information content (AvgIpc) is 2.71. The van der Waals surface area contributed by atoms with Gasteiger partial charge in [-0.15, -0.1) is 0 Å². The lowest BCUT2D eigenvalue weighted by molar-refractivity contribution is -0.140. The van der Waals surface area contributed by atoms with E-state index in [0.717, 1.165) is 31.7 Å². The van der Waals surface area contributed by atoms with Crippen molar-refractivity contribution in [1.82, 2.24) is 15.3 Å².